The van der Waals surface area contributed by atoms with Gasteiger partial charge in [-0.1, -0.05) is 60.7 Å². The number of hydrogen-bond acceptors (Lipinski definition) is 1. The molecule has 0 bridgehead atoms. The summed E-state index contributed by atoms with van der Waals surface area (Å²) in [6, 6.07) is 19.7. The average Bonchev–Trinajstić information content (AvgIpc) is 2.48. The number of hydrogen-bond donors (Lipinski definition) is 1. The summed E-state index contributed by atoms with van der Waals surface area (Å²) in [6.07, 6.45) is -4.91. The molecule has 1 nitrogen and oxygen atoms in total. The second kappa shape index (κ2) is 7.27. The highest BCUT2D eigenvalue weighted by Gasteiger charge is 2.26. The van der Waals surface area contributed by atoms with Crippen LogP contribution in [0.4, 0.5) is 13.2 Å². The standard InChI is InChI=1S/C17H18F3N/c18-17(19,20)11-12-21-13-16(14-7-3-1-4-8-14)15-9-5-2-6-10-15/h1-10,16,21H,11-13H2. The summed E-state index contributed by atoms with van der Waals surface area (Å²) in [4.78, 5) is 0. The van der Waals surface area contributed by atoms with Gasteiger partial charge in [0.05, 0.1) is 6.42 Å². The van der Waals surface area contributed by atoms with E-state index < -0.39 is 12.6 Å². The Morgan fingerprint density at radius 1 is 0.810 bits per heavy atom. The normalized spacial score (nSPS) is 11.8. The van der Waals surface area contributed by atoms with Gasteiger partial charge in [0.15, 0.2) is 0 Å². The Kier molecular flexibility index (Phi) is 5.39. The molecule has 0 aliphatic carbocycles. The van der Waals surface area contributed by atoms with Crippen molar-refractivity contribution in [3.63, 3.8) is 0 Å². The van der Waals surface area contributed by atoms with Crippen LogP contribution in [0.25, 0.3) is 0 Å². The third-order valence-corrected chi connectivity index (χ3v) is 3.34. The maximum Gasteiger partial charge on any atom is 0.390 e. The van der Waals surface area contributed by atoms with Gasteiger partial charge in [-0.05, 0) is 11.1 Å². The zero-order chi connectivity index (χ0) is 15.1. The summed E-state index contributed by atoms with van der Waals surface area (Å²) in [7, 11) is 0. The Labute approximate surface area is 122 Å². The zero-order valence-corrected chi connectivity index (χ0v) is 11.6. The third kappa shape index (κ3) is 5.23. The highest BCUT2D eigenvalue weighted by Crippen LogP contribution is 2.24. The number of rotatable bonds is 6. The van der Waals surface area contributed by atoms with Gasteiger partial charge in [-0.2, -0.15) is 13.2 Å². The summed E-state index contributed by atoms with van der Waals surface area (Å²) < 4.78 is 36.6. The highest BCUT2D eigenvalue weighted by atomic mass is 19.4. The molecule has 0 atom stereocenters. The van der Waals surface area contributed by atoms with Gasteiger partial charge in [0.2, 0.25) is 0 Å². The zero-order valence-electron chi connectivity index (χ0n) is 11.6. The molecule has 0 radical (unpaired) electrons. The highest BCUT2D eigenvalue weighted by molar-refractivity contribution is 5.32. The van der Waals surface area contributed by atoms with E-state index in [2.05, 4.69) is 5.32 Å². The van der Waals surface area contributed by atoms with Crippen LogP contribution in [-0.2, 0) is 0 Å². The first-order valence-electron chi connectivity index (χ1n) is 6.93. The molecular formula is C17H18F3N. The summed E-state index contributed by atoms with van der Waals surface area (Å²) in [5.74, 6) is 0.0561. The molecule has 1 N–H and O–H groups in total. The van der Waals surface area contributed by atoms with Gasteiger partial charge in [0, 0.05) is 19.0 Å². The fourth-order valence-electron chi connectivity index (χ4n) is 2.28. The molecule has 2 aromatic rings. The van der Waals surface area contributed by atoms with Gasteiger partial charge in [0.1, 0.15) is 0 Å². The van der Waals surface area contributed by atoms with E-state index in [-0.39, 0.29) is 12.5 Å². The van der Waals surface area contributed by atoms with Gasteiger partial charge in [-0.25, -0.2) is 0 Å². The number of alkyl halides is 3. The molecule has 0 heterocycles. The van der Waals surface area contributed by atoms with Crippen molar-refractivity contribution in [3.05, 3.63) is 71.8 Å². The molecule has 4 heteroatoms. The van der Waals surface area contributed by atoms with Gasteiger partial charge >= 0.3 is 6.18 Å². The Morgan fingerprint density at radius 3 is 1.71 bits per heavy atom. The molecule has 0 amide bonds. The van der Waals surface area contributed by atoms with Crippen LogP contribution < -0.4 is 5.32 Å². The van der Waals surface area contributed by atoms with E-state index in [1.54, 1.807) is 0 Å². The molecule has 0 aliphatic rings. The first-order chi connectivity index (χ1) is 10.1. The van der Waals surface area contributed by atoms with Crippen LogP contribution in [0.5, 0.6) is 0 Å². The van der Waals surface area contributed by atoms with Crippen molar-refractivity contribution >= 4 is 0 Å². The van der Waals surface area contributed by atoms with Crippen molar-refractivity contribution in [1.82, 2.24) is 5.32 Å². The topological polar surface area (TPSA) is 12.0 Å². The molecule has 0 unspecified atom stereocenters. The maximum absolute atomic E-state index is 12.2. The number of nitrogens with one attached hydrogen (secondary N) is 1. The van der Waals surface area contributed by atoms with Gasteiger partial charge in [-0.3, -0.25) is 0 Å². The Bertz CT molecular complexity index is 483. The number of halogens is 3. The van der Waals surface area contributed by atoms with Crippen molar-refractivity contribution < 1.29 is 13.2 Å². The van der Waals surface area contributed by atoms with Crippen LogP contribution in [0, 0.1) is 0 Å². The predicted molar refractivity (Wildman–Crippen MR) is 78.3 cm³/mol. The molecular weight excluding hydrogens is 275 g/mol. The van der Waals surface area contributed by atoms with Gasteiger partial charge in [-0.15, -0.1) is 0 Å². The second-order valence-electron chi connectivity index (χ2n) is 4.94. The minimum absolute atomic E-state index is 0.0559. The van der Waals surface area contributed by atoms with E-state index in [0.717, 1.165) is 11.1 Å². The lowest BCUT2D eigenvalue weighted by Gasteiger charge is -2.19. The summed E-state index contributed by atoms with van der Waals surface area (Å²) in [5.41, 5.74) is 2.20. The maximum atomic E-state index is 12.2. The monoisotopic (exact) mass is 293 g/mol. The summed E-state index contributed by atoms with van der Waals surface area (Å²) in [5, 5.41) is 2.92. The SMILES string of the molecule is FC(F)(F)CCNCC(c1ccccc1)c1ccccc1. The van der Waals surface area contributed by atoms with E-state index in [1.165, 1.54) is 0 Å². The minimum atomic E-state index is -4.11. The van der Waals surface area contributed by atoms with Crippen LogP contribution in [0.2, 0.25) is 0 Å². The predicted octanol–water partition coefficient (Wildman–Crippen LogP) is 4.36. The smallest absolute Gasteiger partial charge is 0.315 e. The van der Waals surface area contributed by atoms with Gasteiger partial charge in [0.25, 0.3) is 0 Å². The van der Waals surface area contributed by atoms with Crippen LogP contribution in [0.15, 0.2) is 60.7 Å². The van der Waals surface area contributed by atoms with Crippen LogP contribution >= 0.6 is 0 Å². The van der Waals surface area contributed by atoms with E-state index in [1.807, 2.05) is 60.7 Å². The molecule has 0 aliphatic heterocycles. The van der Waals surface area contributed by atoms with Crippen molar-refractivity contribution in [1.29, 1.82) is 0 Å². The lowest BCUT2D eigenvalue weighted by atomic mass is 9.91. The fraction of sp³-hybridized carbons (Fsp3) is 0.294. The van der Waals surface area contributed by atoms with E-state index in [4.69, 9.17) is 0 Å². The van der Waals surface area contributed by atoms with Crippen LogP contribution in [-0.4, -0.2) is 19.3 Å². The van der Waals surface area contributed by atoms with E-state index in [9.17, 15) is 13.2 Å². The molecule has 0 saturated carbocycles. The second-order valence-corrected chi connectivity index (χ2v) is 4.94. The Hall–Kier alpha value is -1.81. The van der Waals surface area contributed by atoms with E-state index in [0.29, 0.717) is 6.54 Å². The lowest BCUT2D eigenvalue weighted by molar-refractivity contribution is -0.133. The first-order valence-corrected chi connectivity index (χ1v) is 6.93. The van der Waals surface area contributed by atoms with Crippen molar-refractivity contribution in [3.8, 4) is 0 Å². The van der Waals surface area contributed by atoms with Crippen molar-refractivity contribution in [2.75, 3.05) is 13.1 Å². The van der Waals surface area contributed by atoms with Crippen LogP contribution in [0.1, 0.15) is 23.5 Å². The Balaban J connectivity index is 2.04. The number of benzene rings is 2. The third-order valence-electron chi connectivity index (χ3n) is 3.34. The average molecular weight is 293 g/mol. The molecule has 0 saturated heterocycles. The molecule has 0 spiro atoms. The fourth-order valence-corrected chi connectivity index (χ4v) is 2.28. The van der Waals surface area contributed by atoms with Gasteiger partial charge < -0.3 is 5.32 Å². The van der Waals surface area contributed by atoms with E-state index >= 15 is 0 Å². The molecule has 21 heavy (non-hydrogen) atoms. The summed E-state index contributed by atoms with van der Waals surface area (Å²) in [6.45, 7) is 0.434. The van der Waals surface area contributed by atoms with Crippen LogP contribution in [0.3, 0.4) is 0 Å². The first kappa shape index (κ1) is 15.6. The summed E-state index contributed by atoms with van der Waals surface area (Å²) >= 11 is 0. The molecule has 2 aromatic carbocycles. The quantitative estimate of drug-likeness (QED) is 0.780. The van der Waals surface area contributed by atoms with Crippen molar-refractivity contribution in [2.24, 2.45) is 0 Å². The Morgan fingerprint density at radius 2 is 1.29 bits per heavy atom. The molecule has 112 valence electrons. The molecule has 2 rings (SSSR count). The lowest BCUT2D eigenvalue weighted by Crippen LogP contribution is -2.26. The molecule has 0 fully saturated rings. The molecule has 0 aromatic heterocycles. The van der Waals surface area contributed by atoms with Crippen molar-refractivity contribution in [2.45, 2.75) is 18.5 Å². The largest absolute Gasteiger partial charge is 0.390 e. The minimum Gasteiger partial charge on any atom is -0.315 e.